The number of pyridine rings is 1. The Kier molecular flexibility index (Phi) is 3.27. The molecule has 2 aromatic heterocycles. The van der Waals surface area contributed by atoms with Crippen LogP contribution >= 0.6 is 0 Å². The minimum atomic E-state index is -1.09. The summed E-state index contributed by atoms with van der Waals surface area (Å²) in [5.74, 6) is -1.09. The predicted molar refractivity (Wildman–Crippen MR) is 64.7 cm³/mol. The van der Waals surface area contributed by atoms with E-state index in [0.29, 0.717) is 12.1 Å². The summed E-state index contributed by atoms with van der Waals surface area (Å²) in [5, 5.41) is 9.01. The number of aryl methyl sites for hydroxylation is 1. The molecule has 1 N–H and O–H groups in total. The third-order valence-electron chi connectivity index (χ3n) is 2.69. The van der Waals surface area contributed by atoms with E-state index in [1.807, 2.05) is 6.92 Å². The van der Waals surface area contributed by atoms with Crippen LogP contribution in [0.3, 0.4) is 0 Å². The fourth-order valence-corrected chi connectivity index (χ4v) is 1.76. The van der Waals surface area contributed by atoms with Crippen LogP contribution in [0.15, 0.2) is 35.5 Å². The van der Waals surface area contributed by atoms with E-state index in [0.717, 1.165) is 0 Å². The van der Waals surface area contributed by atoms with Crippen LogP contribution in [0.2, 0.25) is 0 Å². The van der Waals surface area contributed by atoms with Crippen LogP contribution in [-0.2, 0) is 13.1 Å². The summed E-state index contributed by atoms with van der Waals surface area (Å²) in [6.07, 6.45) is 4.75. The van der Waals surface area contributed by atoms with E-state index in [1.54, 1.807) is 29.1 Å². The fourth-order valence-electron chi connectivity index (χ4n) is 1.76. The Labute approximate surface area is 103 Å². The zero-order valence-electron chi connectivity index (χ0n) is 9.91. The lowest BCUT2D eigenvalue weighted by molar-refractivity contribution is 0.0689. The molecule has 0 amide bonds. The number of hydrogen-bond acceptors (Lipinski definition) is 3. The molecule has 0 fully saturated rings. The Bertz CT molecular complexity index is 627. The van der Waals surface area contributed by atoms with Crippen molar-refractivity contribution in [3.63, 3.8) is 0 Å². The molecule has 0 aliphatic carbocycles. The van der Waals surface area contributed by atoms with Crippen molar-refractivity contribution < 1.29 is 9.90 Å². The van der Waals surface area contributed by atoms with Gasteiger partial charge < -0.3 is 5.11 Å². The lowest BCUT2D eigenvalue weighted by Crippen LogP contribution is -2.24. The number of imidazole rings is 1. The molecule has 2 aromatic rings. The topological polar surface area (TPSA) is 77.1 Å². The highest BCUT2D eigenvalue weighted by atomic mass is 16.4. The summed E-state index contributed by atoms with van der Waals surface area (Å²) < 4.78 is 3.02. The molecular formula is C12H13N3O3. The Morgan fingerprint density at radius 3 is 2.72 bits per heavy atom. The van der Waals surface area contributed by atoms with Gasteiger partial charge >= 0.3 is 11.7 Å². The standard InChI is InChI=1S/C12H13N3O3/c1-2-14-6-7-15(12(14)18)8-9-4-3-5-13-10(9)11(16)17/h3-7H,2,8H2,1H3,(H,16,17). The van der Waals surface area contributed by atoms with Crippen LogP contribution in [0.5, 0.6) is 0 Å². The summed E-state index contributed by atoms with van der Waals surface area (Å²) in [6.45, 7) is 2.67. The van der Waals surface area contributed by atoms with Crippen LogP contribution in [0.25, 0.3) is 0 Å². The first kappa shape index (κ1) is 12.1. The van der Waals surface area contributed by atoms with E-state index in [1.165, 1.54) is 10.8 Å². The first-order valence-electron chi connectivity index (χ1n) is 5.56. The second-order valence-corrected chi connectivity index (χ2v) is 3.81. The number of carbonyl (C=O) groups is 1. The van der Waals surface area contributed by atoms with Gasteiger partial charge in [-0.3, -0.25) is 9.13 Å². The van der Waals surface area contributed by atoms with Gasteiger partial charge in [0.25, 0.3) is 0 Å². The summed E-state index contributed by atoms with van der Waals surface area (Å²) >= 11 is 0. The predicted octanol–water partition coefficient (Wildman–Crippen LogP) is 0.811. The largest absolute Gasteiger partial charge is 0.477 e. The smallest absolute Gasteiger partial charge is 0.354 e. The molecule has 6 heteroatoms. The molecule has 0 saturated heterocycles. The molecule has 0 aliphatic rings. The van der Waals surface area contributed by atoms with Crippen molar-refractivity contribution >= 4 is 5.97 Å². The maximum Gasteiger partial charge on any atom is 0.354 e. The van der Waals surface area contributed by atoms with Gasteiger partial charge in [0, 0.05) is 30.7 Å². The first-order chi connectivity index (χ1) is 8.63. The van der Waals surface area contributed by atoms with Gasteiger partial charge in [0.1, 0.15) is 0 Å². The Balaban J connectivity index is 2.37. The summed E-state index contributed by atoms with van der Waals surface area (Å²) in [4.78, 5) is 26.7. The number of hydrogen-bond donors (Lipinski definition) is 1. The summed E-state index contributed by atoms with van der Waals surface area (Å²) in [6, 6.07) is 3.32. The number of aromatic carboxylic acids is 1. The number of rotatable bonds is 4. The Hall–Kier alpha value is -2.37. The van der Waals surface area contributed by atoms with Gasteiger partial charge in [-0.15, -0.1) is 0 Å². The zero-order valence-corrected chi connectivity index (χ0v) is 9.91. The fraction of sp³-hybridized carbons (Fsp3) is 0.250. The highest BCUT2D eigenvalue weighted by molar-refractivity contribution is 5.86. The molecule has 0 saturated carbocycles. The van der Waals surface area contributed by atoms with Crippen LogP contribution in [0.1, 0.15) is 23.0 Å². The molecule has 94 valence electrons. The van der Waals surface area contributed by atoms with Gasteiger partial charge in [-0.2, -0.15) is 0 Å². The van der Waals surface area contributed by atoms with Crippen LogP contribution < -0.4 is 5.69 Å². The van der Waals surface area contributed by atoms with Crippen LogP contribution in [0, 0.1) is 0 Å². The summed E-state index contributed by atoms with van der Waals surface area (Å²) in [5.41, 5.74) is 0.340. The molecule has 0 radical (unpaired) electrons. The second-order valence-electron chi connectivity index (χ2n) is 3.81. The average Bonchev–Trinajstić information content (AvgIpc) is 2.71. The van der Waals surface area contributed by atoms with Gasteiger partial charge in [-0.05, 0) is 13.0 Å². The molecule has 2 heterocycles. The average molecular weight is 247 g/mol. The van der Waals surface area contributed by atoms with E-state index in [4.69, 9.17) is 5.11 Å². The third-order valence-corrected chi connectivity index (χ3v) is 2.69. The van der Waals surface area contributed by atoms with E-state index in [9.17, 15) is 9.59 Å². The van der Waals surface area contributed by atoms with Gasteiger partial charge in [-0.1, -0.05) is 6.07 Å². The number of nitrogens with zero attached hydrogens (tertiary/aromatic N) is 3. The maximum absolute atomic E-state index is 11.8. The Morgan fingerprint density at radius 2 is 2.11 bits per heavy atom. The van der Waals surface area contributed by atoms with E-state index in [2.05, 4.69) is 4.98 Å². The molecule has 0 atom stereocenters. The molecule has 2 rings (SSSR count). The van der Waals surface area contributed by atoms with Crippen molar-refractivity contribution in [3.05, 3.63) is 52.5 Å². The first-order valence-corrected chi connectivity index (χ1v) is 5.56. The number of carboxylic acids is 1. The molecule has 0 unspecified atom stereocenters. The Morgan fingerprint density at radius 1 is 1.39 bits per heavy atom. The van der Waals surface area contributed by atoms with E-state index in [-0.39, 0.29) is 17.9 Å². The normalized spacial score (nSPS) is 10.5. The van der Waals surface area contributed by atoms with Gasteiger partial charge in [0.2, 0.25) is 0 Å². The maximum atomic E-state index is 11.8. The highest BCUT2D eigenvalue weighted by Gasteiger charge is 2.12. The van der Waals surface area contributed by atoms with Crippen LogP contribution in [0.4, 0.5) is 0 Å². The summed E-state index contributed by atoms with van der Waals surface area (Å²) in [7, 11) is 0. The molecule has 0 aromatic carbocycles. The minimum absolute atomic E-state index is 0.0198. The van der Waals surface area contributed by atoms with Crippen molar-refractivity contribution in [1.29, 1.82) is 0 Å². The second kappa shape index (κ2) is 4.87. The van der Waals surface area contributed by atoms with Gasteiger partial charge in [0.15, 0.2) is 5.69 Å². The quantitative estimate of drug-likeness (QED) is 0.867. The highest BCUT2D eigenvalue weighted by Crippen LogP contribution is 2.06. The van der Waals surface area contributed by atoms with Gasteiger partial charge in [-0.25, -0.2) is 14.6 Å². The van der Waals surface area contributed by atoms with Crippen molar-refractivity contribution in [2.24, 2.45) is 0 Å². The van der Waals surface area contributed by atoms with Crippen molar-refractivity contribution in [3.8, 4) is 0 Å². The van der Waals surface area contributed by atoms with Crippen molar-refractivity contribution in [2.45, 2.75) is 20.0 Å². The number of aromatic nitrogens is 3. The SMILES string of the molecule is CCn1ccn(Cc2cccnc2C(=O)O)c1=O. The van der Waals surface area contributed by atoms with Crippen LogP contribution in [-0.4, -0.2) is 25.2 Å². The monoisotopic (exact) mass is 247 g/mol. The van der Waals surface area contributed by atoms with Crippen molar-refractivity contribution in [1.82, 2.24) is 14.1 Å². The third kappa shape index (κ3) is 2.17. The molecule has 0 spiro atoms. The molecule has 6 nitrogen and oxygen atoms in total. The molecule has 18 heavy (non-hydrogen) atoms. The molecule has 0 aliphatic heterocycles. The lowest BCUT2D eigenvalue weighted by Gasteiger charge is -2.05. The van der Waals surface area contributed by atoms with Gasteiger partial charge in [0.05, 0.1) is 6.54 Å². The lowest BCUT2D eigenvalue weighted by atomic mass is 10.2. The van der Waals surface area contributed by atoms with Crippen molar-refractivity contribution in [2.75, 3.05) is 0 Å². The van der Waals surface area contributed by atoms with E-state index >= 15 is 0 Å². The molecular weight excluding hydrogens is 234 g/mol. The minimum Gasteiger partial charge on any atom is -0.477 e. The number of carboxylic acid groups (broad SMARTS) is 1. The molecule has 0 bridgehead atoms. The van der Waals surface area contributed by atoms with E-state index < -0.39 is 5.97 Å². The zero-order chi connectivity index (χ0) is 13.1.